The Kier molecular flexibility index (Phi) is 3.76. The van der Waals surface area contributed by atoms with Crippen LogP contribution in [0.4, 0.5) is 9.18 Å². The summed E-state index contributed by atoms with van der Waals surface area (Å²) in [5.74, 6) is 0. The van der Waals surface area contributed by atoms with Crippen molar-refractivity contribution < 1.29 is 19.0 Å². The molecule has 0 amide bonds. The fraction of sp³-hybridized carbons (Fsp3) is 0.833. The van der Waals surface area contributed by atoms with Crippen molar-refractivity contribution in [3.05, 3.63) is 0 Å². The van der Waals surface area contributed by atoms with Crippen molar-refractivity contribution in [3.63, 3.8) is 0 Å². The van der Waals surface area contributed by atoms with Gasteiger partial charge in [0.2, 0.25) is 0 Å². The molecule has 1 N–H and O–H groups in total. The maximum atomic E-state index is 12.3. The van der Waals surface area contributed by atoms with Crippen molar-refractivity contribution >= 4 is 6.16 Å². The number of alkyl halides is 1. The van der Waals surface area contributed by atoms with Gasteiger partial charge in [-0.15, -0.1) is 0 Å². The lowest BCUT2D eigenvalue weighted by atomic mass is 10.2. The summed E-state index contributed by atoms with van der Waals surface area (Å²) in [6.07, 6.45) is -3.11. The van der Waals surface area contributed by atoms with Crippen LogP contribution in [-0.4, -0.2) is 23.5 Å². The summed E-state index contributed by atoms with van der Waals surface area (Å²) in [7, 11) is 0. The zero-order chi connectivity index (χ0) is 8.15. The van der Waals surface area contributed by atoms with E-state index in [2.05, 4.69) is 4.74 Å². The lowest BCUT2D eigenvalue weighted by molar-refractivity contribution is 0.0160. The van der Waals surface area contributed by atoms with Gasteiger partial charge in [-0.05, 0) is 13.3 Å². The molecule has 0 aromatic heterocycles. The molecule has 0 aliphatic heterocycles. The van der Waals surface area contributed by atoms with Gasteiger partial charge in [0.05, 0.1) is 0 Å². The highest BCUT2D eigenvalue weighted by atomic mass is 19.1. The Hall–Kier alpha value is -0.800. The molecule has 0 aromatic carbocycles. The molecule has 60 valence electrons. The zero-order valence-electron chi connectivity index (χ0n) is 6.00. The van der Waals surface area contributed by atoms with Crippen LogP contribution in [0.25, 0.3) is 0 Å². The third kappa shape index (κ3) is 3.27. The smallest absolute Gasteiger partial charge is 0.450 e. The van der Waals surface area contributed by atoms with Gasteiger partial charge in [0.25, 0.3) is 0 Å². The molecule has 4 heteroatoms. The molecular formula is C6H11FO3. The number of halogens is 1. The van der Waals surface area contributed by atoms with Crippen LogP contribution in [0.1, 0.15) is 20.3 Å². The van der Waals surface area contributed by atoms with Crippen LogP contribution in [0.5, 0.6) is 0 Å². The van der Waals surface area contributed by atoms with Gasteiger partial charge < -0.3 is 9.84 Å². The van der Waals surface area contributed by atoms with Crippen LogP contribution < -0.4 is 0 Å². The summed E-state index contributed by atoms with van der Waals surface area (Å²) in [5, 5.41) is 8.07. The van der Waals surface area contributed by atoms with Crippen molar-refractivity contribution in [2.24, 2.45) is 0 Å². The highest BCUT2D eigenvalue weighted by molar-refractivity contribution is 5.57. The molecule has 3 nitrogen and oxygen atoms in total. The Morgan fingerprint density at radius 1 is 1.80 bits per heavy atom. The summed E-state index contributed by atoms with van der Waals surface area (Å²) < 4.78 is 16.5. The maximum absolute atomic E-state index is 12.3. The van der Waals surface area contributed by atoms with Gasteiger partial charge in [-0.25, -0.2) is 9.18 Å². The highest BCUT2D eigenvalue weighted by Gasteiger charge is 2.17. The lowest BCUT2D eigenvalue weighted by Crippen LogP contribution is -2.24. The Morgan fingerprint density at radius 3 is 2.40 bits per heavy atom. The van der Waals surface area contributed by atoms with Gasteiger partial charge in [0, 0.05) is 0 Å². The molecule has 0 fully saturated rings. The molecule has 2 unspecified atom stereocenters. The normalized spacial score (nSPS) is 15.9. The summed E-state index contributed by atoms with van der Waals surface area (Å²) in [4.78, 5) is 9.88. The molecule has 0 bridgehead atoms. The van der Waals surface area contributed by atoms with Crippen molar-refractivity contribution in [3.8, 4) is 0 Å². The average Bonchev–Trinajstić information content (AvgIpc) is 1.81. The molecule has 0 spiro atoms. The van der Waals surface area contributed by atoms with Crippen LogP contribution in [-0.2, 0) is 4.74 Å². The summed E-state index contributed by atoms with van der Waals surface area (Å²) in [5.41, 5.74) is 0. The van der Waals surface area contributed by atoms with E-state index in [9.17, 15) is 9.18 Å². The number of hydrogen-bond acceptors (Lipinski definition) is 2. The molecule has 0 heterocycles. The quantitative estimate of drug-likeness (QED) is 0.624. The maximum Gasteiger partial charge on any atom is 0.506 e. The summed E-state index contributed by atoms with van der Waals surface area (Å²) in [6.45, 7) is 2.95. The van der Waals surface area contributed by atoms with E-state index in [0.29, 0.717) is 6.42 Å². The fourth-order valence-electron chi connectivity index (χ4n) is 0.631. The first-order valence-electron chi connectivity index (χ1n) is 3.11. The highest BCUT2D eigenvalue weighted by Crippen LogP contribution is 2.07. The molecule has 0 aliphatic rings. The molecule has 0 rings (SSSR count). The number of rotatable bonds is 3. The fourth-order valence-corrected chi connectivity index (χ4v) is 0.631. The minimum absolute atomic E-state index is 0.365. The van der Waals surface area contributed by atoms with Crippen LogP contribution in [0.3, 0.4) is 0 Å². The van der Waals surface area contributed by atoms with E-state index in [1.54, 1.807) is 6.92 Å². The van der Waals surface area contributed by atoms with Crippen LogP contribution in [0.2, 0.25) is 0 Å². The molecule has 2 atom stereocenters. The molecule has 0 aliphatic carbocycles. The van der Waals surface area contributed by atoms with E-state index in [1.807, 2.05) is 0 Å². The van der Waals surface area contributed by atoms with Crippen LogP contribution in [0.15, 0.2) is 0 Å². The summed E-state index contributed by atoms with van der Waals surface area (Å²) in [6, 6.07) is 0. The Morgan fingerprint density at radius 2 is 2.30 bits per heavy atom. The van der Waals surface area contributed by atoms with E-state index in [0.717, 1.165) is 0 Å². The second kappa shape index (κ2) is 4.09. The van der Waals surface area contributed by atoms with Crippen LogP contribution in [0, 0.1) is 0 Å². The molecule has 0 saturated carbocycles. The van der Waals surface area contributed by atoms with Gasteiger partial charge in [-0.1, -0.05) is 6.92 Å². The minimum Gasteiger partial charge on any atom is -0.450 e. The number of hydrogen-bond donors (Lipinski definition) is 1. The van der Waals surface area contributed by atoms with Crippen molar-refractivity contribution in [2.75, 3.05) is 0 Å². The largest absolute Gasteiger partial charge is 0.506 e. The van der Waals surface area contributed by atoms with Crippen molar-refractivity contribution in [1.82, 2.24) is 0 Å². The molecule has 0 aromatic rings. The van der Waals surface area contributed by atoms with Crippen LogP contribution >= 0.6 is 0 Å². The minimum atomic E-state index is -1.42. The van der Waals surface area contributed by atoms with E-state index in [-0.39, 0.29) is 0 Å². The predicted octanol–water partition coefficient (Wildman–Crippen LogP) is 1.82. The lowest BCUT2D eigenvalue weighted by Gasteiger charge is -2.13. The Balaban J connectivity index is 3.71. The van der Waals surface area contributed by atoms with E-state index in [1.165, 1.54) is 6.92 Å². The van der Waals surface area contributed by atoms with E-state index in [4.69, 9.17) is 5.11 Å². The van der Waals surface area contributed by atoms with Gasteiger partial charge in [0.15, 0.2) is 0 Å². The molecular weight excluding hydrogens is 139 g/mol. The Labute approximate surface area is 58.8 Å². The second-order valence-corrected chi connectivity index (χ2v) is 2.01. The Bertz CT molecular complexity index is 114. The number of ether oxygens (including phenoxy) is 1. The van der Waals surface area contributed by atoms with Crippen molar-refractivity contribution in [1.29, 1.82) is 0 Å². The van der Waals surface area contributed by atoms with Gasteiger partial charge in [-0.3, -0.25) is 0 Å². The second-order valence-electron chi connectivity index (χ2n) is 2.01. The van der Waals surface area contributed by atoms with Crippen molar-refractivity contribution in [2.45, 2.75) is 32.5 Å². The first-order chi connectivity index (χ1) is 4.57. The topological polar surface area (TPSA) is 46.5 Å². The average molecular weight is 150 g/mol. The van der Waals surface area contributed by atoms with Gasteiger partial charge in [-0.2, -0.15) is 0 Å². The van der Waals surface area contributed by atoms with E-state index >= 15 is 0 Å². The third-order valence-electron chi connectivity index (χ3n) is 1.17. The molecule has 10 heavy (non-hydrogen) atoms. The predicted molar refractivity (Wildman–Crippen MR) is 33.8 cm³/mol. The number of carboxylic acid groups (broad SMARTS) is 1. The number of carbonyl (C=O) groups is 1. The SMILES string of the molecule is CCC(OC(=O)O)C(C)F. The first-order valence-corrected chi connectivity index (χ1v) is 3.11. The standard InChI is InChI=1S/C6H11FO3/c1-3-5(4(2)7)10-6(8)9/h4-5H,3H2,1-2H3,(H,8,9). The van der Waals surface area contributed by atoms with Gasteiger partial charge in [0.1, 0.15) is 12.3 Å². The van der Waals surface area contributed by atoms with E-state index < -0.39 is 18.4 Å². The summed E-state index contributed by atoms with van der Waals surface area (Å²) >= 11 is 0. The molecule has 0 radical (unpaired) electrons. The first kappa shape index (κ1) is 9.20. The zero-order valence-corrected chi connectivity index (χ0v) is 6.00. The molecule has 0 saturated heterocycles. The monoisotopic (exact) mass is 150 g/mol. The van der Waals surface area contributed by atoms with Gasteiger partial charge >= 0.3 is 6.16 Å². The third-order valence-corrected chi connectivity index (χ3v) is 1.17.